The van der Waals surface area contributed by atoms with Crippen molar-refractivity contribution in [1.82, 2.24) is 9.97 Å². The molecule has 0 bridgehead atoms. The standard InChI is InChI=1S/C20H21FN4O2/c1-13-11-25(7-8-27-13)15-5-3-14(4-6-15)24-20-16-9-19(26-2)17(21)10-18(16)22-12-23-20/h3-6,9-10,12-13H,7-8,11H2,1-2H3,(H,22,23,24). The number of aromatic nitrogens is 2. The number of fused-ring (bicyclic) bond motifs is 1. The van der Waals surface area contributed by atoms with Gasteiger partial charge in [-0.3, -0.25) is 0 Å². The average Bonchev–Trinajstić information content (AvgIpc) is 2.68. The molecule has 1 aromatic heterocycles. The molecule has 1 N–H and O–H groups in total. The third kappa shape index (κ3) is 3.64. The number of methoxy groups -OCH3 is 1. The van der Waals surface area contributed by atoms with E-state index in [-0.39, 0.29) is 11.9 Å². The van der Waals surface area contributed by atoms with Crippen LogP contribution >= 0.6 is 0 Å². The Hall–Kier alpha value is -2.93. The quantitative estimate of drug-likeness (QED) is 0.757. The minimum Gasteiger partial charge on any atom is -0.494 e. The van der Waals surface area contributed by atoms with E-state index in [9.17, 15) is 4.39 Å². The summed E-state index contributed by atoms with van der Waals surface area (Å²) in [7, 11) is 1.44. The third-order valence-electron chi connectivity index (χ3n) is 4.65. The number of nitrogens with one attached hydrogen (secondary N) is 1. The van der Waals surface area contributed by atoms with Gasteiger partial charge < -0.3 is 19.7 Å². The largest absolute Gasteiger partial charge is 0.494 e. The zero-order valence-corrected chi connectivity index (χ0v) is 15.3. The van der Waals surface area contributed by atoms with Crippen LogP contribution in [0.3, 0.4) is 0 Å². The molecule has 0 spiro atoms. The van der Waals surface area contributed by atoms with Gasteiger partial charge in [0.25, 0.3) is 0 Å². The van der Waals surface area contributed by atoms with Crippen molar-refractivity contribution in [2.45, 2.75) is 13.0 Å². The van der Waals surface area contributed by atoms with Crippen molar-refractivity contribution < 1.29 is 13.9 Å². The molecule has 0 aliphatic carbocycles. The van der Waals surface area contributed by atoms with E-state index < -0.39 is 5.82 Å². The first-order chi connectivity index (χ1) is 13.1. The molecule has 1 unspecified atom stereocenters. The highest BCUT2D eigenvalue weighted by Gasteiger charge is 2.17. The Balaban J connectivity index is 1.59. The molecule has 3 aromatic rings. The normalized spacial score (nSPS) is 17.1. The van der Waals surface area contributed by atoms with Crippen LogP contribution in [0, 0.1) is 5.82 Å². The smallest absolute Gasteiger partial charge is 0.167 e. The number of rotatable bonds is 4. The minimum atomic E-state index is -0.446. The summed E-state index contributed by atoms with van der Waals surface area (Å²) in [6.07, 6.45) is 1.65. The SMILES string of the molecule is COc1cc2c(Nc3ccc(N4CCOC(C)C4)cc3)ncnc2cc1F. The van der Waals surface area contributed by atoms with Gasteiger partial charge in [0.05, 0.1) is 25.3 Å². The van der Waals surface area contributed by atoms with E-state index in [1.54, 1.807) is 6.07 Å². The van der Waals surface area contributed by atoms with Gasteiger partial charge in [0.2, 0.25) is 0 Å². The van der Waals surface area contributed by atoms with Crippen molar-refractivity contribution in [3.05, 3.63) is 48.5 Å². The molecular formula is C20H21FN4O2. The van der Waals surface area contributed by atoms with Gasteiger partial charge in [-0.1, -0.05) is 0 Å². The number of anilines is 3. The van der Waals surface area contributed by atoms with E-state index in [1.807, 2.05) is 12.1 Å². The maximum atomic E-state index is 13.9. The van der Waals surface area contributed by atoms with Gasteiger partial charge in [-0.2, -0.15) is 0 Å². The molecule has 4 rings (SSSR count). The number of morpholine rings is 1. The van der Waals surface area contributed by atoms with Crippen molar-refractivity contribution in [2.75, 3.05) is 37.0 Å². The van der Waals surface area contributed by atoms with Crippen molar-refractivity contribution in [3.8, 4) is 5.75 Å². The highest BCUT2D eigenvalue weighted by atomic mass is 19.1. The van der Waals surface area contributed by atoms with Gasteiger partial charge in [-0.05, 0) is 37.3 Å². The molecule has 1 fully saturated rings. The Bertz CT molecular complexity index is 949. The van der Waals surface area contributed by atoms with Crippen LogP contribution in [0.15, 0.2) is 42.7 Å². The highest BCUT2D eigenvalue weighted by molar-refractivity contribution is 5.91. The summed E-state index contributed by atoms with van der Waals surface area (Å²) in [6.45, 7) is 4.60. The summed E-state index contributed by atoms with van der Waals surface area (Å²) >= 11 is 0. The second kappa shape index (κ2) is 7.36. The van der Waals surface area contributed by atoms with Crippen LogP contribution in [0.25, 0.3) is 10.9 Å². The number of ether oxygens (including phenoxy) is 2. The summed E-state index contributed by atoms with van der Waals surface area (Å²) in [5.41, 5.74) is 2.57. The minimum absolute atomic E-state index is 0.164. The van der Waals surface area contributed by atoms with E-state index >= 15 is 0 Å². The first kappa shape index (κ1) is 17.5. The van der Waals surface area contributed by atoms with E-state index in [0.717, 1.165) is 31.1 Å². The Morgan fingerprint density at radius 3 is 2.78 bits per heavy atom. The first-order valence-electron chi connectivity index (χ1n) is 8.86. The van der Waals surface area contributed by atoms with Gasteiger partial charge in [-0.25, -0.2) is 14.4 Å². The summed E-state index contributed by atoms with van der Waals surface area (Å²) < 4.78 is 24.6. The second-order valence-corrected chi connectivity index (χ2v) is 6.53. The second-order valence-electron chi connectivity index (χ2n) is 6.53. The molecular weight excluding hydrogens is 347 g/mol. The van der Waals surface area contributed by atoms with Gasteiger partial charge in [0, 0.05) is 35.9 Å². The molecule has 1 aliphatic rings. The average molecular weight is 368 g/mol. The predicted octanol–water partition coefficient (Wildman–Crippen LogP) is 3.75. The van der Waals surface area contributed by atoms with Crippen molar-refractivity contribution in [3.63, 3.8) is 0 Å². The molecule has 1 saturated heterocycles. The van der Waals surface area contributed by atoms with Crippen LogP contribution in [-0.4, -0.2) is 42.9 Å². The molecule has 1 aliphatic heterocycles. The van der Waals surface area contributed by atoms with Crippen LogP contribution < -0.4 is 15.0 Å². The molecule has 27 heavy (non-hydrogen) atoms. The van der Waals surface area contributed by atoms with Gasteiger partial charge in [0.1, 0.15) is 12.1 Å². The van der Waals surface area contributed by atoms with Crippen LogP contribution in [-0.2, 0) is 4.74 Å². The Morgan fingerprint density at radius 2 is 2.04 bits per heavy atom. The maximum Gasteiger partial charge on any atom is 0.167 e. The van der Waals surface area contributed by atoms with Crippen molar-refractivity contribution in [1.29, 1.82) is 0 Å². The molecule has 6 nitrogen and oxygen atoms in total. The predicted molar refractivity (Wildman–Crippen MR) is 103 cm³/mol. The van der Waals surface area contributed by atoms with Crippen LogP contribution in [0.5, 0.6) is 5.75 Å². The fourth-order valence-corrected chi connectivity index (χ4v) is 3.26. The lowest BCUT2D eigenvalue weighted by Crippen LogP contribution is -2.41. The lowest BCUT2D eigenvalue weighted by Gasteiger charge is -2.33. The molecule has 0 saturated carbocycles. The van der Waals surface area contributed by atoms with Gasteiger partial charge in [-0.15, -0.1) is 0 Å². The van der Waals surface area contributed by atoms with E-state index in [4.69, 9.17) is 9.47 Å². The summed E-state index contributed by atoms with van der Waals surface area (Å²) in [5.74, 6) is 0.321. The molecule has 1 atom stereocenters. The number of benzene rings is 2. The number of hydrogen-bond donors (Lipinski definition) is 1. The summed E-state index contributed by atoms with van der Waals surface area (Å²) in [4.78, 5) is 10.8. The Labute approximate surface area is 156 Å². The van der Waals surface area contributed by atoms with E-state index in [1.165, 1.54) is 19.5 Å². The van der Waals surface area contributed by atoms with Crippen molar-refractivity contribution in [2.24, 2.45) is 0 Å². The van der Waals surface area contributed by atoms with Gasteiger partial charge in [0.15, 0.2) is 11.6 Å². The third-order valence-corrected chi connectivity index (χ3v) is 4.65. The van der Waals surface area contributed by atoms with Crippen LogP contribution in [0.2, 0.25) is 0 Å². The summed E-state index contributed by atoms with van der Waals surface area (Å²) in [5, 5.41) is 3.98. The Morgan fingerprint density at radius 1 is 1.22 bits per heavy atom. The molecule has 0 radical (unpaired) electrons. The summed E-state index contributed by atoms with van der Waals surface area (Å²) in [6, 6.07) is 11.1. The fourth-order valence-electron chi connectivity index (χ4n) is 3.26. The lowest BCUT2D eigenvalue weighted by atomic mass is 10.2. The maximum absolute atomic E-state index is 13.9. The van der Waals surface area contributed by atoms with E-state index in [0.29, 0.717) is 16.7 Å². The molecule has 140 valence electrons. The molecule has 2 heterocycles. The molecule has 2 aromatic carbocycles. The fraction of sp³-hybridized carbons (Fsp3) is 0.300. The van der Waals surface area contributed by atoms with Crippen LogP contribution in [0.1, 0.15) is 6.92 Å². The zero-order valence-electron chi connectivity index (χ0n) is 15.3. The monoisotopic (exact) mass is 368 g/mol. The van der Waals surface area contributed by atoms with E-state index in [2.05, 4.69) is 39.2 Å². The molecule has 7 heteroatoms. The van der Waals surface area contributed by atoms with Gasteiger partial charge >= 0.3 is 0 Å². The number of hydrogen-bond acceptors (Lipinski definition) is 6. The zero-order chi connectivity index (χ0) is 18.8. The van der Waals surface area contributed by atoms with Crippen LogP contribution in [0.4, 0.5) is 21.6 Å². The molecule has 0 amide bonds. The van der Waals surface area contributed by atoms with Crippen molar-refractivity contribution >= 4 is 28.1 Å². The highest BCUT2D eigenvalue weighted by Crippen LogP contribution is 2.29. The number of halogens is 1. The lowest BCUT2D eigenvalue weighted by molar-refractivity contribution is 0.0532. The number of nitrogens with zero attached hydrogens (tertiary/aromatic N) is 3. The Kier molecular flexibility index (Phi) is 4.77. The first-order valence-corrected chi connectivity index (χ1v) is 8.86. The topological polar surface area (TPSA) is 59.5 Å².